The second-order valence-electron chi connectivity index (χ2n) is 5.54. The van der Waals surface area contributed by atoms with Gasteiger partial charge in [-0.2, -0.15) is 0 Å². The van der Waals surface area contributed by atoms with E-state index in [0.717, 1.165) is 11.3 Å². The number of benzene rings is 2. The van der Waals surface area contributed by atoms with Crippen LogP contribution in [-0.2, 0) is 11.2 Å². The zero-order valence-corrected chi connectivity index (χ0v) is 12.5. The largest absolute Gasteiger partial charge is 0.422 e. The van der Waals surface area contributed by atoms with E-state index in [2.05, 4.69) is 10.6 Å². The van der Waals surface area contributed by atoms with E-state index in [4.69, 9.17) is 4.42 Å². The smallest absolute Gasteiger partial charge is 0.349 e. The van der Waals surface area contributed by atoms with Crippen LogP contribution in [0.1, 0.15) is 15.9 Å². The standard InChI is InChI=1S/C18H12N2O4/c21-16-9-11-7-12(5-6-14(11)20-16)19-17(22)13-8-10-3-1-2-4-15(10)24-18(13)23/h1-8H,9H2,(H,19,22)(H,20,21). The third-order valence-corrected chi connectivity index (χ3v) is 3.87. The molecule has 0 unspecified atom stereocenters. The van der Waals surface area contributed by atoms with Crippen molar-refractivity contribution in [1.29, 1.82) is 0 Å². The van der Waals surface area contributed by atoms with Crippen molar-refractivity contribution in [3.8, 4) is 0 Å². The number of amides is 2. The third-order valence-electron chi connectivity index (χ3n) is 3.87. The molecule has 0 radical (unpaired) electrons. The molecule has 0 bridgehead atoms. The Bertz CT molecular complexity index is 1050. The number of rotatable bonds is 2. The van der Waals surface area contributed by atoms with E-state index in [1.54, 1.807) is 42.5 Å². The number of nitrogens with one attached hydrogen (secondary N) is 2. The highest BCUT2D eigenvalue weighted by atomic mass is 16.4. The highest BCUT2D eigenvalue weighted by Crippen LogP contribution is 2.26. The number of anilines is 2. The summed E-state index contributed by atoms with van der Waals surface area (Å²) in [5, 5.41) is 6.06. The zero-order valence-electron chi connectivity index (χ0n) is 12.5. The second kappa shape index (κ2) is 5.34. The molecule has 0 atom stereocenters. The lowest BCUT2D eigenvalue weighted by Gasteiger charge is -2.07. The van der Waals surface area contributed by atoms with Gasteiger partial charge in [0.05, 0.1) is 6.42 Å². The highest BCUT2D eigenvalue weighted by Gasteiger charge is 2.19. The topological polar surface area (TPSA) is 88.4 Å². The first-order valence-corrected chi connectivity index (χ1v) is 7.37. The molecular weight excluding hydrogens is 308 g/mol. The normalized spacial score (nSPS) is 12.8. The molecule has 1 aromatic heterocycles. The quantitative estimate of drug-likeness (QED) is 0.710. The van der Waals surface area contributed by atoms with Gasteiger partial charge in [0.25, 0.3) is 5.91 Å². The van der Waals surface area contributed by atoms with Crippen molar-refractivity contribution >= 4 is 34.2 Å². The SMILES string of the molecule is O=C1Cc2cc(NC(=O)c3cc4ccccc4oc3=O)ccc2N1. The predicted molar refractivity (Wildman–Crippen MR) is 89.2 cm³/mol. The van der Waals surface area contributed by atoms with Crippen LogP contribution in [0.25, 0.3) is 11.0 Å². The van der Waals surface area contributed by atoms with Gasteiger partial charge in [-0.3, -0.25) is 9.59 Å². The van der Waals surface area contributed by atoms with Gasteiger partial charge in [0, 0.05) is 16.8 Å². The van der Waals surface area contributed by atoms with Crippen LogP contribution >= 0.6 is 0 Å². The number of hydrogen-bond donors (Lipinski definition) is 2. The van der Waals surface area contributed by atoms with E-state index in [0.29, 0.717) is 16.7 Å². The Morgan fingerprint density at radius 1 is 1.08 bits per heavy atom. The van der Waals surface area contributed by atoms with E-state index in [1.807, 2.05) is 0 Å². The van der Waals surface area contributed by atoms with Crippen molar-refractivity contribution in [2.45, 2.75) is 6.42 Å². The average molecular weight is 320 g/mol. The van der Waals surface area contributed by atoms with Crippen molar-refractivity contribution < 1.29 is 14.0 Å². The molecule has 6 heteroatoms. The maximum absolute atomic E-state index is 12.4. The van der Waals surface area contributed by atoms with E-state index >= 15 is 0 Å². The summed E-state index contributed by atoms with van der Waals surface area (Å²) in [6, 6.07) is 13.6. The molecule has 3 aromatic rings. The molecule has 2 N–H and O–H groups in total. The summed E-state index contributed by atoms with van der Waals surface area (Å²) in [6.07, 6.45) is 0.275. The lowest BCUT2D eigenvalue weighted by molar-refractivity contribution is -0.115. The molecule has 2 amide bonds. The van der Waals surface area contributed by atoms with Crippen LogP contribution in [0.2, 0.25) is 0 Å². The summed E-state index contributed by atoms with van der Waals surface area (Å²) in [5.74, 6) is -0.629. The molecule has 0 saturated carbocycles. The second-order valence-corrected chi connectivity index (χ2v) is 5.54. The maximum Gasteiger partial charge on any atom is 0.349 e. The number of para-hydroxylation sites is 1. The highest BCUT2D eigenvalue weighted by molar-refractivity contribution is 6.06. The molecule has 6 nitrogen and oxygen atoms in total. The minimum Gasteiger partial charge on any atom is -0.422 e. The van der Waals surface area contributed by atoms with E-state index < -0.39 is 11.5 Å². The molecule has 24 heavy (non-hydrogen) atoms. The number of hydrogen-bond acceptors (Lipinski definition) is 4. The first-order valence-electron chi connectivity index (χ1n) is 7.37. The molecule has 2 aromatic carbocycles. The molecule has 1 aliphatic heterocycles. The molecule has 0 spiro atoms. The fraction of sp³-hybridized carbons (Fsp3) is 0.0556. The first kappa shape index (κ1) is 14.2. The minimum absolute atomic E-state index is 0.0663. The Labute approximate surface area is 136 Å². The first-order chi connectivity index (χ1) is 11.6. The number of fused-ring (bicyclic) bond motifs is 2. The van der Waals surface area contributed by atoms with Crippen LogP contribution in [0.3, 0.4) is 0 Å². The van der Waals surface area contributed by atoms with Crippen LogP contribution in [0.5, 0.6) is 0 Å². The summed E-state index contributed by atoms with van der Waals surface area (Å²) in [4.78, 5) is 35.8. The van der Waals surface area contributed by atoms with Crippen LogP contribution in [0, 0.1) is 0 Å². The van der Waals surface area contributed by atoms with Crippen LogP contribution in [-0.4, -0.2) is 11.8 Å². The van der Waals surface area contributed by atoms with Crippen molar-refractivity contribution in [3.05, 3.63) is 70.1 Å². The summed E-state index contributed by atoms with van der Waals surface area (Å²) in [7, 11) is 0. The lowest BCUT2D eigenvalue weighted by atomic mass is 10.1. The van der Waals surface area contributed by atoms with Gasteiger partial charge in [0.2, 0.25) is 5.91 Å². The van der Waals surface area contributed by atoms with Gasteiger partial charge in [-0.25, -0.2) is 4.79 Å². The fourth-order valence-electron chi connectivity index (χ4n) is 2.73. The molecule has 0 aliphatic carbocycles. The van der Waals surface area contributed by atoms with E-state index in [-0.39, 0.29) is 17.9 Å². The molecule has 0 saturated heterocycles. The number of carbonyl (C=O) groups excluding carboxylic acids is 2. The summed E-state index contributed by atoms with van der Waals surface area (Å²) in [5.41, 5.74) is 1.74. The third kappa shape index (κ3) is 2.44. The average Bonchev–Trinajstić information content (AvgIpc) is 2.93. The Morgan fingerprint density at radius 2 is 1.92 bits per heavy atom. The van der Waals surface area contributed by atoms with Gasteiger partial charge in [-0.15, -0.1) is 0 Å². The number of carbonyl (C=O) groups is 2. The van der Waals surface area contributed by atoms with Gasteiger partial charge in [0.15, 0.2) is 0 Å². The van der Waals surface area contributed by atoms with Gasteiger partial charge in [-0.05, 0) is 35.9 Å². The van der Waals surface area contributed by atoms with Gasteiger partial charge >= 0.3 is 5.63 Å². The lowest BCUT2D eigenvalue weighted by Crippen LogP contribution is -2.20. The van der Waals surface area contributed by atoms with Crippen molar-refractivity contribution in [2.75, 3.05) is 10.6 Å². The van der Waals surface area contributed by atoms with Crippen molar-refractivity contribution in [3.63, 3.8) is 0 Å². The van der Waals surface area contributed by atoms with Crippen LogP contribution < -0.4 is 16.3 Å². The van der Waals surface area contributed by atoms with Crippen molar-refractivity contribution in [1.82, 2.24) is 0 Å². The summed E-state index contributed by atoms with van der Waals surface area (Å²) < 4.78 is 5.17. The Kier molecular flexibility index (Phi) is 3.16. The molecule has 0 fully saturated rings. The molecule has 118 valence electrons. The maximum atomic E-state index is 12.4. The van der Waals surface area contributed by atoms with Gasteiger partial charge < -0.3 is 15.1 Å². The molecule has 1 aliphatic rings. The van der Waals surface area contributed by atoms with Crippen LogP contribution in [0.15, 0.2) is 57.7 Å². The summed E-state index contributed by atoms with van der Waals surface area (Å²) >= 11 is 0. The minimum atomic E-state index is -0.691. The van der Waals surface area contributed by atoms with Crippen molar-refractivity contribution in [2.24, 2.45) is 0 Å². The van der Waals surface area contributed by atoms with Gasteiger partial charge in [-0.1, -0.05) is 18.2 Å². The van der Waals surface area contributed by atoms with Crippen LogP contribution in [0.4, 0.5) is 11.4 Å². The molecular formula is C18H12N2O4. The van der Waals surface area contributed by atoms with Gasteiger partial charge in [0.1, 0.15) is 11.1 Å². The Balaban J connectivity index is 1.65. The zero-order chi connectivity index (χ0) is 16.7. The van der Waals surface area contributed by atoms with E-state index in [1.165, 1.54) is 6.07 Å². The molecule has 4 rings (SSSR count). The molecule has 2 heterocycles. The summed E-state index contributed by atoms with van der Waals surface area (Å²) in [6.45, 7) is 0. The van der Waals surface area contributed by atoms with E-state index in [9.17, 15) is 14.4 Å². The predicted octanol–water partition coefficient (Wildman–Crippen LogP) is 2.54. The fourth-order valence-corrected chi connectivity index (χ4v) is 2.73. The monoisotopic (exact) mass is 320 g/mol. The Morgan fingerprint density at radius 3 is 2.79 bits per heavy atom. The Hall–Kier alpha value is -3.41.